The number of nitrogens with zero attached hydrogens (tertiary/aromatic N) is 4. The van der Waals surface area contributed by atoms with Gasteiger partial charge in [-0.2, -0.15) is 0 Å². The Morgan fingerprint density at radius 3 is 2.62 bits per heavy atom. The van der Waals surface area contributed by atoms with Crippen LogP contribution < -0.4 is 0 Å². The first-order chi connectivity index (χ1) is 10.3. The number of rotatable bonds is 3. The van der Waals surface area contributed by atoms with Crippen LogP contribution in [0.2, 0.25) is 0 Å². The predicted molar refractivity (Wildman–Crippen MR) is 86.9 cm³/mol. The molecule has 0 amide bonds. The molecule has 2 aliphatic heterocycles. The van der Waals surface area contributed by atoms with Crippen molar-refractivity contribution < 1.29 is 0 Å². The first-order valence-electron chi connectivity index (χ1n) is 8.40. The lowest BCUT2D eigenvalue weighted by atomic mass is 10.0. The zero-order chi connectivity index (χ0) is 14.2. The molecule has 0 N–H and O–H groups in total. The van der Waals surface area contributed by atoms with Crippen LogP contribution in [0, 0.1) is 0 Å². The molecule has 2 fully saturated rings. The first kappa shape index (κ1) is 14.1. The van der Waals surface area contributed by atoms with Gasteiger partial charge in [-0.3, -0.25) is 9.80 Å². The fourth-order valence-electron chi connectivity index (χ4n) is 3.75. The molecule has 21 heavy (non-hydrogen) atoms. The Balaban J connectivity index is 1.27. The Kier molecular flexibility index (Phi) is 4.00. The molecule has 0 spiro atoms. The molecule has 0 atom stereocenters. The van der Waals surface area contributed by atoms with Gasteiger partial charge in [-0.05, 0) is 32.7 Å². The first-order valence-corrected chi connectivity index (χ1v) is 9.22. The zero-order valence-corrected chi connectivity index (χ0v) is 13.9. The van der Waals surface area contributed by atoms with E-state index in [1.54, 1.807) is 4.88 Å². The van der Waals surface area contributed by atoms with Crippen LogP contribution in [0.3, 0.4) is 0 Å². The molecule has 0 radical (unpaired) electrons. The summed E-state index contributed by atoms with van der Waals surface area (Å²) in [5.74, 6) is 0. The van der Waals surface area contributed by atoms with E-state index in [4.69, 9.17) is 4.98 Å². The van der Waals surface area contributed by atoms with Crippen molar-refractivity contribution in [2.45, 2.75) is 38.3 Å². The van der Waals surface area contributed by atoms with Gasteiger partial charge in [0.05, 0.1) is 12.2 Å². The van der Waals surface area contributed by atoms with Crippen LogP contribution in [0.5, 0.6) is 0 Å². The highest BCUT2D eigenvalue weighted by Crippen LogP contribution is 2.28. The molecular formula is C16H26N4S. The maximum atomic E-state index is 4.88. The molecule has 1 aromatic heterocycles. The third-order valence-corrected chi connectivity index (χ3v) is 6.38. The molecule has 3 aliphatic rings. The van der Waals surface area contributed by atoms with Crippen molar-refractivity contribution >= 4 is 11.3 Å². The highest BCUT2D eigenvalue weighted by Gasteiger charge is 2.33. The summed E-state index contributed by atoms with van der Waals surface area (Å²) in [5, 5.41) is 1.36. The van der Waals surface area contributed by atoms with E-state index < -0.39 is 0 Å². The van der Waals surface area contributed by atoms with Gasteiger partial charge < -0.3 is 4.90 Å². The molecule has 5 heteroatoms. The fraction of sp³-hybridized carbons (Fsp3) is 0.812. The molecule has 116 valence electrons. The van der Waals surface area contributed by atoms with Crippen molar-refractivity contribution in [3.05, 3.63) is 15.6 Å². The van der Waals surface area contributed by atoms with Gasteiger partial charge in [-0.25, -0.2) is 4.98 Å². The van der Waals surface area contributed by atoms with Crippen molar-refractivity contribution in [1.29, 1.82) is 0 Å². The summed E-state index contributed by atoms with van der Waals surface area (Å²) < 4.78 is 0. The second-order valence-corrected chi connectivity index (χ2v) is 8.04. The van der Waals surface area contributed by atoms with E-state index in [1.807, 2.05) is 11.3 Å². The summed E-state index contributed by atoms with van der Waals surface area (Å²) in [4.78, 5) is 14.2. The number of piperazine rings is 1. The number of aryl methyl sites for hydroxylation is 2. The molecule has 0 saturated carbocycles. The van der Waals surface area contributed by atoms with Gasteiger partial charge in [0.25, 0.3) is 0 Å². The highest BCUT2D eigenvalue weighted by atomic mass is 32.1. The normalized spacial score (nSPS) is 25.8. The Morgan fingerprint density at radius 1 is 1.10 bits per heavy atom. The number of likely N-dealkylation sites (N-methyl/N-ethyl adjacent to an activating group) is 1. The van der Waals surface area contributed by atoms with E-state index in [-0.39, 0.29) is 0 Å². The van der Waals surface area contributed by atoms with E-state index in [0.717, 1.165) is 12.6 Å². The van der Waals surface area contributed by atoms with Gasteiger partial charge in [-0.15, -0.1) is 11.3 Å². The number of hydrogen-bond acceptors (Lipinski definition) is 5. The van der Waals surface area contributed by atoms with Crippen LogP contribution in [-0.4, -0.2) is 72.0 Å². The van der Waals surface area contributed by atoms with Crippen molar-refractivity contribution in [2.24, 2.45) is 0 Å². The van der Waals surface area contributed by atoms with Gasteiger partial charge in [0.1, 0.15) is 5.01 Å². The molecule has 0 bridgehead atoms. The third-order valence-electron chi connectivity index (χ3n) is 5.24. The maximum Gasteiger partial charge on any atom is 0.107 e. The number of likely N-dealkylation sites (tertiary alicyclic amines) is 1. The minimum atomic E-state index is 0.799. The molecular weight excluding hydrogens is 280 g/mol. The van der Waals surface area contributed by atoms with Gasteiger partial charge in [0.15, 0.2) is 0 Å². The average Bonchev–Trinajstić information content (AvgIpc) is 2.86. The lowest BCUT2D eigenvalue weighted by Gasteiger charge is -2.47. The quantitative estimate of drug-likeness (QED) is 0.843. The molecule has 4 nitrogen and oxygen atoms in total. The topological polar surface area (TPSA) is 22.6 Å². The van der Waals surface area contributed by atoms with Crippen molar-refractivity contribution in [3.63, 3.8) is 0 Å². The van der Waals surface area contributed by atoms with E-state index in [2.05, 4.69) is 21.7 Å². The van der Waals surface area contributed by atoms with E-state index in [1.165, 1.54) is 75.7 Å². The van der Waals surface area contributed by atoms with Gasteiger partial charge >= 0.3 is 0 Å². The summed E-state index contributed by atoms with van der Waals surface area (Å²) in [7, 11) is 2.23. The summed E-state index contributed by atoms with van der Waals surface area (Å²) >= 11 is 1.98. The van der Waals surface area contributed by atoms with E-state index >= 15 is 0 Å². The minimum absolute atomic E-state index is 0.799. The Hall–Kier alpha value is -0.490. The van der Waals surface area contributed by atoms with Gasteiger partial charge in [-0.1, -0.05) is 0 Å². The lowest BCUT2D eigenvalue weighted by Crippen LogP contribution is -2.62. The van der Waals surface area contributed by atoms with E-state index in [9.17, 15) is 0 Å². The summed E-state index contributed by atoms with van der Waals surface area (Å²) in [6.07, 6.45) is 5.20. The van der Waals surface area contributed by atoms with Gasteiger partial charge in [0, 0.05) is 50.2 Å². The molecule has 2 saturated heterocycles. The van der Waals surface area contributed by atoms with Crippen LogP contribution >= 0.6 is 11.3 Å². The van der Waals surface area contributed by atoms with Gasteiger partial charge in [0.2, 0.25) is 0 Å². The monoisotopic (exact) mass is 306 g/mol. The van der Waals surface area contributed by atoms with Crippen LogP contribution in [0.15, 0.2) is 0 Å². The predicted octanol–water partition coefficient (Wildman–Crippen LogP) is 1.45. The summed E-state index contributed by atoms with van der Waals surface area (Å²) in [5.41, 5.74) is 1.41. The maximum absolute atomic E-state index is 4.88. The summed E-state index contributed by atoms with van der Waals surface area (Å²) in [6.45, 7) is 8.54. The molecule has 0 unspecified atom stereocenters. The molecule has 0 aromatic carbocycles. The number of thiazole rings is 1. The Labute approximate surface area is 131 Å². The zero-order valence-electron chi connectivity index (χ0n) is 13.1. The highest BCUT2D eigenvalue weighted by molar-refractivity contribution is 7.11. The third kappa shape index (κ3) is 3.02. The number of aromatic nitrogens is 1. The Morgan fingerprint density at radius 2 is 1.86 bits per heavy atom. The van der Waals surface area contributed by atoms with Crippen LogP contribution in [0.25, 0.3) is 0 Å². The molecule has 1 aromatic rings. The minimum Gasteiger partial charge on any atom is -0.304 e. The van der Waals surface area contributed by atoms with Crippen molar-refractivity contribution in [2.75, 3.05) is 46.3 Å². The van der Waals surface area contributed by atoms with Crippen LogP contribution in [0.4, 0.5) is 0 Å². The molecule has 1 aliphatic carbocycles. The number of fused-ring (bicyclic) bond motifs is 1. The van der Waals surface area contributed by atoms with Crippen molar-refractivity contribution in [1.82, 2.24) is 19.7 Å². The van der Waals surface area contributed by atoms with Crippen LogP contribution in [-0.2, 0) is 19.4 Å². The largest absolute Gasteiger partial charge is 0.304 e. The van der Waals surface area contributed by atoms with E-state index in [0.29, 0.717) is 0 Å². The standard InChI is InChI=1S/C16H26N4S/c1-18-6-8-20(9-7-18)13-10-19(11-13)12-16-17-14-4-2-3-5-15(14)21-16/h13H,2-12H2,1H3. The SMILES string of the molecule is CN1CCN(C2CN(Cc3nc4c(s3)CCCC4)C2)CC1. The lowest BCUT2D eigenvalue weighted by molar-refractivity contribution is 0.00541. The van der Waals surface area contributed by atoms with Crippen molar-refractivity contribution in [3.8, 4) is 0 Å². The number of hydrogen-bond donors (Lipinski definition) is 0. The Bertz CT molecular complexity index is 463. The second kappa shape index (κ2) is 5.95. The molecule has 4 rings (SSSR count). The smallest absolute Gasteiger partial charge is 0.107 e. The second-order valence-electron chi connectivity index (χ2n) is 6.87. The average molecular weight is 306 g/mol. The van der Waals surface area contributed by atoms with Crippen LogP contribution in [0.1, 0.15) is 28.4 Å². The fourth-order valence-corrected chi connectivity index (χ4v) is 4.95. The molecule has 3 heterocycles. The summed E-state index contributed by atoms with van der Waals surface area (Å²) in [6, 6.07) is 0.799.